The van der Waals surface area contributed by atoms with E-state index < -0.39 is 0 Å². The Morgan fingerprint density at radius 2 is 2.06 bits per heavy atom. The molecule has 86 valence electrons. The van der Waals surface area contributed by atoms with Crippen LogP contribution in [0.4, 0.5) is 0 Å². The van der Waals surface area contributed by atoms with Crippen molar-refractivity contribution in [3.05, 3.63) is 28.5 Å². The van der Waals surface area contributed by atoms with Crippen LogP contribution in [0.15, 0.2) is 22.9 Å². The Hall–Kier alpha value is -0.880. The highest BCUT2D eigenvalue weighted by Gasteiger charge is 2.20. The molecule has 1 unspecified atom stereocenters. The van der Waals surface area contributed by atoms with Crippen LogP contribution in [0.2, 0.25) is 0 Å². The lowest BCUT2D eigenvalue weighted by Crippen LogP contribution is -2.11. The normalized spacial score (nSPS) is 12.4. The molecule has 0 bridgehead atoms. The lowest BCUT2D eigenvalue weighted by atomic mass is 9.81. The van der Waals surface area contributed by atoms with Crippen LogP contribution in [0.3, 0.4) is 0 Å². The highest BCUT2D eigenvalue weighted by atomic mass is 79.9. The third-order valence-electron chi connectivity index (χ3n) is 3.08. The molecule has 16 heavy (non-hydrogen) atoms. The van der Waals surface area contributed by atoms with Gasteiger partial charge in [-0.05, 0) is 33.5 Å². The smallest absolute Gasteiger partial charge is 0.0628 e. The summed E-state index contributed by atoms with van der Waals surface area (Å²) in [5, 5.41) is 8.93. The van der Waals surface area contributed by atoms with Gasteiger partial charge in [-0.2, -0.15) is 5.26 Å². The van der Waals surface area contributed by atoms with Crippen LogP contribution in [0.1, 0.15) is 44.6 Å². The van der Waals surface area contributed by atoms with E-state index in [9.17, 15) is 0 Å². The molecule has 0 radical (unpaired) electrons. The van der Waals surface area contributed by atoms with E-state index in [0.717, 1.165) is 17.3 Å². The summed E-state index contributed by atoms with van der Waals surface area (Å²) in [5.74, 6) is 0.876. The van der Waals surface area contributed by atoms with E-state index >= 15 is 0 Å². The molecule has 0 amide bonds. The number of nitrogens with zero attached hydrogens (tertiary/aromatic N) is 2. The molecule has 1 heterocycles. The first-order valence-corrected chi connectivity index (χ1v) is 6.49. The monoisotopic (exact) mass is 280 g/mol. The maximum Gasteiger partial charge on any atom is 0.0628 e. The number of hydrogen-bond donors (Lipinski definition) is 0. The lowest BCUT2D eigenvalue weighted by molar-refractivity contribution is 0.400. The topological polar surface area (TPSA) is 36.7 Å². The Morgan fingerprint density at radius 1 is 1.38 bits per heavy atom. The Bertz CT molecular complexity index is 366. The number of halogens is 1. The van der Waals surface area contributed by atoms with Crippen molar-refractivity contribution in [2.45, 2.75) is 39.0 Å². The maximum absolute atomic E-state index is 8.93. The molecule has 1 aromatic heterocycles. The molecule has 3 heteroatoms. The Labute approximate surface area is 106 Å². The first-order chi connectivity index (χ1) is 7.72. The van der Waals surface area contributed by atoms with Crippen LogP contribution in [0, 0.1) is 17.2 Å². The summed E-state index contributed by atoms with van der Waals surface area (Å²) >= 11 is 3.43. The van der Waals surface area contributed by atoms with Crippen LogP contribution < -0.4 is 0 Å². The minimum Gasteiger partial charge on any atom is -0.263 e. The summed E-state index contributed by atoms with van der Waals surface area (Å²) in [7, 11) is 0. The molecule has 1 atom stereocenters. The molecule has 0 saturated carbocycles. The fraction of sp³-hybridized carbons (Fsp3) is 0.538. The minimum absolute atomic E-state index is 0.310. The van der Waals surface area contributed by atoms with Gasteiger partial charge in [0.15, 0.2) is 0 Å². The number of rotatable bonds is 5. The van der Waals surface area contributed by atoms with E-state index in [1.54, 1.807) is 6.20 Å². The van der Waals surface area contributed by atoms with E-state index in [2.05, 4.69) is 46.9 Å². The Kier molecular flexibility index (Phi) is 5.48. The van der Waals surface area contributed by atoms with E-state index in [4.69, 9.17) is 5.26 Å². The molecule has 0 spiro atoms. The zero-order valence-electron chi connectivity index (χ0n) is 9.78. The van der Waals surface area contributed by atoms with E-state index in [1.165, 1.54) is 5.56 Å². The van der Waals surface area contributed by atoms with Gasteiger partial charge in [-0.1, -0.05) is 26.7 Å². The average molecular weight is 281 g/mol. The van der Waals surface area contributed by atoms with Gasteiger partial charge < -0.3 is 0 Å². The first kappa shape index (κ1) is 13.2. The van der Waals surface area contributed by atoms with Gasteiger partial charge in [0.25, 0.3) is 0 Å². The average Bonchev–Trinajstić information content (AvgIpc) is 2.29. The lowest BCUT2D eigenvalue weighted by Gasteiger charge is -2.23. The van der Waals surface area contributed by atoms with Crippen molar-refractivity contribution in [1.29, 1.82) is 5.26 Å². The molecule has 0 aliphatic rings. The number of nitriles is 1. The standard InChI is InChI=1S/C13H17BrN2/c1-3-10(4-2)13(5-6-15)11-7-12(14)9-16-8-11/h7-10,13H,3-5H2,1-2H3. The fourth-order valence-corrected chi connectivity index (χ4v) is 2.53. The third-order valence-corrected chi connectivity index (χ3v) is 3.52. The molecule has 1 aromatic rings. The van der Waals surface area contributed by atoms with Gasteiger partial charge in [0.05, 0.1) is 6.07 Å². The van der Waals surface area contributed by atoms with Gasteiger partial charge in [0.1, 0.15) is 0 Å². The van der Waals surface area contributed by atoms with E-state index in [-0.39, 0.29) is 0 Å². The minimum atomic E-state index is 0.310. The van der Waals surface area contributed by atoms with Gasteiger partial charge in [-0.25, -0.2) is 0 Å². The Balaban J connectivity index is 2.97. The van der Waals surface area contributed by atoms with Gasteiger partial charge >= 0.3 is 0 Å². The van der Waals surface area contributed by atoms with Crippen molar-refractivity contribution in [1.82, 2.24) is 4.98 Å². The van der Waals surface area contributed by atoms with Crippen LogP contribution in [0.25, 0.3) is 0 Å². The number of aromatic nitrogens is 1. The molecule has 0 saturated heterocycles. The predicted molar refractivity (Wildman–Crippen MR) is 69.0 cm³/mol. The summed E-state index contributed by atoms with van der Waals surface area (Å²) in [6.07, 6.45) is 6.44. The SMILES string of the molecule is CCC(CC)C(CC#N)c1cncc(Br)c1. The number of pyridine rings is 1. The highest BCUT2D eigenvalue weighted by Crippen LogP contribution is 2.32. The summed E-state index contributed by atoms with van der Waals surface area (Å²) in [6.45, 7) is 4.37. The summed E-state index contributed by atoms with van der Waals surface area (Å²) in [4.78, 5) is 4.18. The van der Waals surface area contributed by atoms with Crippen molar-refractivity contribution in [2.24, 2.45) is 5.92 Å². The van der Waals surface area contributed by atoms with Gasteiger partial charge in [0, 0.05) is 29.2 Å². The van der Waals surface area contributed by atoms with Crippen LogP contribution >= 0.6 is 15.9 Å². The molecule has 1 rings (SSSR count). The molecule has 0 aliphatic heterocycles. The van der Waals surface area contributed by atoms with E-state index in [1.807, 2.05) is 6.20 Å². The highest BCUT2D eigenvalue weighted by molar-refractivity contribution is 9.10. The van der Waals surface area contributed by atoms with Crippen molar-refractivity contribution in [3.8, 4) is 6.07 Å². The molecular weight excluding hydrogens is 264 g/mol. The first-order valence-electron chi connectivity index (χ1n) is 5.70. The van der Waals surface area contributed by atoms with Crippen molar-refractivity contribution >= 4 is 15.9 Å². The zero-order chi connectivity index (χ0) is 12.0. The quantitative estimate of drug-likeness (QED) is 0.807. The molecule has 0 aromatic carbocycles. The molecular formula is C13H17BrN2. The number of hydrogen-bond acceptors (Lipinski definition) is 2. The largest absolute Gasteiger partial charge is 0.263 e. The third kappa shape index (κ3) is 3.31. The second-order valence-electron chi connectivity index (χ2n) is 3.98. The molecule has 0 fully saturated rings. The van der Waals surface area contributed by atoms with E-state index in [0.29, 0.717) is 18.3 Å². The molecule has 2 nitrogen and oxygen atoms in total. The van der Waals surface area contributed by atoms with Crippen LogP contribution in [-0.2, 0) is 0 Å². The van der Waals surface area contributed by atoms with Gasteiger partial charge in [-0.15, -0.1) is 0 Å². The van der Waals surface area contributed by atoms with Crippen molar-refractivity contribution in [3.63, 3.8) is 0 Å². The second-order valence-corrected chi connectivity index (χ2v) is 4.90. The zero-order valence-corrected chi connectivity index (χ0v) is 11.4. The van der Waals surface area contributed by atoms with Crippen LogP contribution in [-0.4, -0.2) is 4.98 Å². The fourth-order valence-electron chi connectivity index (χ4n) is 2.14. The maximum atomic E-state index is 8.93. The molecule has 0 aliphatic carbocycles. The van der Waals surface area contributed by atoms with Gasteiger partial charge in [0.2, 0.25) is 0 Å². The van der Waals surface area contributed by atoms with Crippen LogP contribution in [0.5, 0.6) is 0 Å². The second kappa shape index (κ2) is 6.65. The summed E-state index contributed by atoms with van der Waals surface area (Å²) < 4.78 is 0.985. The van der Waals surface area contributed by atoms with Crippen molar-refractivity contribution < 1.29 is 0 Å². The van der Waals surface area contributed by atoms with Crippen molar-refractivity contribution in [2.75, 3.05) is 0 Å². The summed E-state index contributed by atoms with van der Waals surface area (Å²) in [5.41, 5.74) is 1.17. The predicted octanol–water partition coefficient (Wildman–Crippen LogP) is 4.28. The Morgan fingerprint density at radius 3 is 2.56 bits per heavy atom. The van der Waals surface area contributed by atoms with Gasteiger partial charge in [-0.3, -0.25) is 4.98 Å². The molecule has 0 N–H and O–H groups in total. The summed E-state index contributed by atoms with van der Waals surface area (Å²) in [6, 6.07) is 4.37.